The molecule has 0 atom stereocenters. The summed E-state index contributed by atoms with van der Waals surface area (Å²) < 4.78 is 1.10. The van der Waals surface area contributed by atoms with Gasteiger partial charge in [-0.25, -0.2) is 0 Å². The molecule has 134 valence electrons. The molecule has 0 bridgehead atoms. The Morgan fingerprint density at radius 2 is 1.88 bits per heavy atom. The molecule has 0 saturated heterocycles. The number of likely N-dealkylation sites (N-methyl/N-ethyl adjacent to an activating group) is 1. The third-order valence-corrected chi connectivity index (χ3v) is 3.83. The highest BCUT2D eigenvalue weighted by atomic mass is 16.2. The van der Waals surface area contributed by atoms with E-state index in [-0.39, 0.29) is 29.4 Å². The molecular weight excluding hydrogens is 338 g/mol. The SMILES string of the molecule is CN(C)CC(=O)Nc1ccccc1-n1c(N)c2c(cc1=O)C(=O)NC2=O. The molecular formula is C17H17N5O4. The summed E-state index contributed by atoms with van der Waals surface area (Å²) in [4.78, 5) is 50.0. The van der Waals surface area contributed by atoms with Crippen molar-refractivity contribution in [3.63, 3.8) is 0 Å². The van der Waals surface area contributed by atoms with Crippen LogP contribution in [0.25, 0.3) is 5.69 Å². The van der Waals surface area contributed by atoms with E-state index in [1.807, 2.05) is 0 Å². The molecule has 1 aliphatic rings. The van der Waals surface area contributed by atoms with Gasteiger partial charge in [-0.2, -0.15) is 0 Å². The van der Waals surface area contributed by atoms with Crippen LogP contribution in [-0.2, 0) is 4.79 Å². The van der Waals surface area contributed by atoms with Crippen LogP contribution in [0.15, 0.2) is 35.1 Å². The Kier molecular flexibility index (Phi) is 4.31. The lowest BCUT2D eigenvalue weighted by atomic mass is 10.1. The molecule has 0 spiro atoms. The Hall–Kier alpha value is -3.46. The highest BCUT2D eigenvalue weighted by Gasteiger charge is 2.32. The maximum Gasteiger partial charge on any atom is 0.262 e. The standard InChI is InChI=1S/C17H17N5O4/c1-21(2)8-12(23)19-10-5-3-4-6-11(10)22-13(24)7-9-14(15(22)18)17(26)20-16(9)25/h3-7H,8,18H2,1-2H3,(H,19,23)(H,20,25,26). The number of hydrogen-bond donors (Lipinski definition) is 3. The van der Waals surface area contributed by atoms with Crippen molar-refractivity contribution in [3.05, 3.63) is 51.8 Å². The van der Waals surface area contributed by atoms with Crippen LogP contribution in [0.3, 0.4) is 0 Å². The average Bonchev–Trinajstić information content (AvgIpc) is 2.82. The van der Waals surface area contributed by atoms with Gasteiger partial charge in [0.05, 0.1) is 29.0 Å². The third-order valence-electron chi connectivity index (χ3n) is 3.83. The summed E-state index contributed by atoms with van der Waals surface area (Å²) in [6, 6.07) is 7.63. The first-order valence-corrected chi connectivity index (χ1v) is 7.74. The summed E-state index contributed by atoms with van der Waals surface area (Å²) in [5.74, 6) is -1.76. The van der Waals surface area contributed by atoms with E-state index in [4.69, 9.17) is 5.73 Å². The van der Waals surface area contributed by atoms with Crippen molar-refractivity contribution in [3.8, 4) is 5.69 Å². The lowest BCUT2D eigenvalue weighted by molar-refractivity contribution is -0.116. The molecule has 1 aromatic carbocycles. The highest BCUT2D eigenvalue weighted by Crippen LogP contribution is 2.26. The quantitative estimate of drug-likeness (QED) is 0.652. The molecule has 0 radical (unpaired) electrons. The molecule has 9 nitrogen and oxygen atoms in total. The molecule has 0 unspecified atom stereocenters. The van der Waals surface area contributed by atoms with Crippen LogP contribution in [0.2, 0.25) is 0 Å². The molecule has 0 aliphatic carbocycles. The number of nitrogens with one attached hydrogen (secondary N) is 2. The zero-order chi connectivity index (χ0) is 19.0. The van der Waals surface area contributed by atoms with Gasteiger partial charge in [0.2, 0.25) is 5.91 Å². The molecule has 9 heteroatoms. The number of nitrogens with two attached hydrogens (primary N) is 1. The van der Waals surface area contributed by atoms with E-state index >= 15 is 0 Å². The molecule has 26 heavy (non-hydrogen) atoms. The van der Waals surface area contributed by atoms with E-state index in [0.29, 0.717) is 11.4 Å². The van der Waals surface area contributed by atoms with Crippen LogP contribution in [0.1, 0.15) is 20.7 Å². The molecule has 2 heterocycles. The normalized spacial score (nSPS) is 12.9. The van der Waals surface area contributed by atoms with E-state index in [0.717, 1.165) is 10.6 Å². The van der Waals surface area contributed by atoms with Crippen LogP contribution in [0.4, 0.5) is 11.5 Å². The fourth-order valence-electron chi connectivity index (χ4n) is 2.78. The predicted octanol–water partition coefficient (Wildman–Crippen LogP) is -0.197. The number of fused-ring (bicyclic) bond motifs is 1. The number of carbonyl (C=O) groups excluding carboxylic acids is 3. The minimum atomic E-state index is -0.662. The third kappa shape index (κ3) is 2.95. The Balaban J connectivity index is 2.13. The van der Waals surface area contributed by atoms with Crippen LogP contribution in [-0.4, -0.2) is 47.8 Å². The van der Waals surface area contributed by atoms with Gasteiger partial charge in [-0.05, 0) is 26.2 Å². The monoisotopic (exact) mass is 355 g/mol. The summed E-state index contributed by atoms with van der Waals surface area (Å²) >= 11 is 0. The van der Waals surface area contributed by atoms with Gasteiger partial charge in [-0.1, -0.05) is 12.1 Å². The first-order valence-electron chi connectivity index (χ1n) is 7.74. The molecule has 1 aliphatic heterocycles. The second-order valence-electron chi connectivity index (χ2n) is 6.08. The zero-order valence-electron chi connectivity index (χ0n) is 14.2. The van der Waals surface area contributed by atoms with Crippen molar-refractivity contribution >= 4 is 29.2 Å². The van der Waals surface area contributed by atoms with Gasteiger partial charge in [-0.15, -0.1) is 0 Å². The Labute approximate surface area is 148 Å². The second kappa shape index (κ2) is 6.45. The number of nitrogens with zero attached hydrogens (tertiary/aromatic N) is 2. The van der Waals surface area contributed by atoms with Gasteiger partial charge in [0.15, 0.2) is 0 Å². The van der Waals surface area contributed by atoms with E-state index in [1.165, 1.54) is 0 Å². The van der Waals surface area contributed by atoms with Crippen molar-refractivity contribution in [2.45, 2.75) is 0 Å². The summed E-state index contributed by atoms with van der Waals surface area (Å²) in [6.07, 6.45) is 0. The van der Waals surface area contributed by atoms with Crippen molar-refractivity contribution < 1.29 is 14.4 Å². The van der Waals surface area contributed by atoms with E-state index in [1.54, 1.807) is 43.3 Å². The number of pyridine rings is 1. The number of nitrogen functional groups attached to an aromatic ring is 1. The van der Waals surface area contributed by atoms with Crippen molar-refractivity contribution in [1.82, 2.24) is 14.8 Å². The Bertz CT molecular complexity index is 993. The summed E-state index contributed by atoms with van der Waals surface area (Å²) in [5.41, 5.74) is 6.00. The summed E-state index contributed by atoms with van der Waals surface area (Å²) in [7, 11) is 3.51. The molecule has 3 rings (SSSR count). The molecule has 3 amide bonds. The lowest BCUT2D eigenvalue weighted by Gasteiger charge is -2.17. The highest BCUT2D eigenvalue weighted by molar-refractivity contribution is 6.23. The first kappa shape index (κ1) is 17.4. The second-order valence-corrected chi connectivity index (χ2v) is 6.08. The van der Waals surface area contributed by atoms with Crippen molar-refractivity contribution in [2.75, 3.05) is 31.7 Å². The minimum Gasteiger partial charge on any atom is -0.384 e. The smallest absolute Gasteiger partial charge is 0.262 e. The number of anilines is 2. The first-order chi connectivity index (χ1) is 12.3. The number of hydrogen-bond acceptors (Lipinski definition) is 6. The fourth-order valence-corrected chi connectivity index (χ4v) is 2.78. The summed E-state index contributed by atoms with van der Waals surface area (Å²) in [6.45, 7) is 0.153. The molecule has 0 saturated carbocycles. The van der Waals surface area contributed by atoms with Gasteiger partial charge in [-0.3, -0.25) is 29.1 Å². The van der Waals surface area contributed by atoms with Gasteiger partial charge < -0.3 is 16.0 Å². The van der Waals surface area contributed by atoms with Crippen molar-refractivity contribution in [2.24, 2.45) is 0 Å². The number of para-hydroxylation sites is 2. The van der Waals surface area contributed by atoms with E-state index in [2.05, 4.69) is 10.6 Å². The van der Waals surface area contributed by atoms with Gasteiger partial charge in [0, 0.05) is 6.07 Å². The van der Waals surface area contributed by atoms with Gasteiger partial charge in [0.25, 0.3) is 17.4 Å². The average molecular weight is 355 g/mol. The van der Waals surface area contributed by atoms with Crippen LogP contribution in [0, 0.1) is 0 Å². The van der Waals surface area contributed by atoms with Crippen LogP contribution < -0.4 is 21.9 Å². The zero-order valence-corrected chi connectivity index (χ0v) is 14.2. The molecule has 4 N–H and O–H groups in total. The largest absolute Gasteiger partial charge is 0.384 e. The molecule has 0 fully saturated rings. The Morgan fingerprint density at radius 3 is 2.58 bits per heavy atom. The number of benzene rings is 1. The molecule has 2 aromatic rings. The maximum atomic E-state index is 12.5. The minimum absolute atomic E-state index is 0.0518. The maximum absolute atomic E-state index is 12.5. The van der Waals surface area contributed by atoms with Gasteiger partial charge >= 0.3 is 0 Å². The number of aromatic nitrogens is 1. The van der Waals surface area contributed by atoms with Crippen LogP contribution in [0.5, 0.6) is 0 Å². The van der Waals surface area contributed by atoms with Crippen LogP contribution >= 0.6 is 0 Å². The molecule has 1 aromatic heterocycles. The topological polar surface area (TPSA) is 127 Å². The number of amides is 3. The van der Waals surface area contributed by atoms with Gasteiger partial charge in [0.1, 0.15) is 5.82 Å². The number of imide groups is 1. The van der Waals surface area contributed by atoms with E-state index < -0.39 is 17.4 Å². The number of rotatable bonds is 4. The predicted molar refractivity (Wildman–Crippen MR) is 95.4 cm³/mol. The lowest BCUT2D eigenvalue weighted by Crippen LogP contribution is -2.29. The van der Waals surface area contributed by atoms with Crippen molar-refractivity contribution in [1.29, 1.82) is 0 Å². The summed E-state index contributed by atoms with van der Waals surface area (Å²) in [5, 5.41) is 4.83. The number of carbonyl (C=O) groups is 3. The Morgan fingerprint density at radius 1 is 1.19 bits per heavy atom. The van der Waals surface area contributed by atoms with E-state index in [9.17, 15) is 19.2 Å². The fraction of sp³-hybridized carbons (Fsp3) is 0.176.